The number of hydrogen-bond donors (Lipinski definition) is 0. The van der Waals surface area contributed by atoms with Crippen molar-refractivity contribution >= 4 is 10.8 Å². The lowest BCUT2D eigenvalue weighted by molar-refractivity contribution is 0.446. The molecule has 3 aromatic rings. The van der Waals surface area contributed by atoms with Gasteiger partial charge in [0.2, 0.25) is 0 Å². The van der Waals surface area contributed by atoms with E-state index in [4.69, 9.17) is 0 Å². The van der Waals surface area contributed by atoms with E-state index in [0.29, 0.717) is 0 Å². The third-order valence-corrected chi connectivity index (χ3v) is 4.09. The summed E-state index contributed by atoms with van der Waals surface area (Å²) in [5, 5.41) is 2.06. The molecule has 3 heteroatoms. The Bertz CT molecular complexity index is 954. The van der Waals surface area contributed by atoms with Gasteiger partial charge in [-0.3, -0.25) is 0 Å². The molecular formula is C22H17F3. The Labute approximate surface area is 145 Å². The molecule has 0 spiro atoms. The Morgan fingerprint density at radius 1 is 0.880 bits per heavy atom. The number of hydrogen-bond acceptors (Lipinski definition) is 0. The van der Waals surface area contributed by atoms with E-state index in [-0.39, 0.29) is 5.56 Å². The lowest BCUT2D eigenvalue weighted by Gasteiger charge is -2.05. The van der Waals surface area contributed by atoms with Crippen molar-refractivity contribution in [1.82, 2.24) is 0 Å². The van der Waals surface area contributed by atoms with Gasteiger partial charge in [-0.15, -0.1) is 0 Å². The summed E-state index contributed by atoms with van der Waals surface area (Å²) in [6.45, 7) is 2.16. The van der Waals surface area contributed by atoms with Gasteiger partial charge in [0, 0.05) is 11.1 Å². The summed E-state index contributed by atoms with van der Waals surface area (Å²) in [7, 11) is 0. The Morgan fingerprint density at radius 2 is 1.64 bits per heavy atom. The van der Waals surface area contributed by atoms with Crippen LogP contribution in [0.2, 0.25) is 0 Å². The van der Waals surface area contributed by atoms with Crippen molar-refractivity contribution in [2.45, 2.75) is 26.2 Å². The summed E-state index contributed by atoms with van der Waals surface area (Å²) in [6.07, 6.45) is 3.33. The standard InChI is InChI=1S/C22H17F3/c1-2-3-5-15-9-11-19-17(6-4-7-18(19)12-15)10-8-16-13-20(23)22(25)21(24)14-16/h4,6-7,9,11-14H,2-3,5H2,1H3. The van der Waals surface area contributed by atoms with Crippen molar-refractivity contribution in [2.24, 2.45) is 0 Å². The number of aryl methyl sites for hydroxylation is 1. The summed E-state index contributed by atoms with van der Waals surface area (Å²) in [6, 6.07) is 13.8. The Kier molecular flexibility index (Phi) is 5.09. The van der Waals surface area contributed by atoms with Gasteiger partial charge in [-0.25, -0.2) is 13.2 Å². The zero-order chi connectivity index (χ0) is 17.8. The third kappa shape index (κ3) is 3.85. The summed E-state index contributed by atoms with van der Waals surface area (Å²) in [5.74, 6) is 1.71. The van der Waals surface area contributed by atoms with Crippen molar-refractivity contribution in [3.8, 4) is 11.8 Å². The number of rotatable bonds is 3. The van der Waals surface area contributed by atoms with E-state index >= 15 is 0 Å². The molecule has 0 bridgehead atoms. The first-order valence-electron chi connectivity index (χ1n) is 8.26. The van der Waals surface area contributed by atoms with Gasteiger partial charge >= 0.3 is 0 Å². The second kappa shape index (κ2) is 7.44. The van der Waals surface area contributed by atoms with E-state index in [0.717, 1.165) is 47.7 Å². The van der Waals surface area contributed by atoms with Crippen LogP contribution < -0.4 is 0 Å². The van der Waals surface area contributed by atoms with E-state index in [9.17, 15) is 13.2 Å². The maximum atomic E-state index is 13.3. The van der Waals surface area contributed by atoms with Gasteiger partial charge in [0.05, 0.1) is 0 Å². The second-order valence-electron chi connectivity index (χ2n) is 5.97. The molecule has 0 aromatic heterocycles. The van der Waals surface area contributed by atoms with Crippen LogP contribution in [0.5, 0.6) is 0 Å². The zero-order valence-corrected chi connectivity index (χ0v) is 13.9. The molecule has 0 aliphatic heterocycles. The molecule has 0 saturated carbocycles. The van der Waals surface area contributed by atoms with Crippen molar-refractivity contribution in [2.75, 3.05) is 0 Å². The fraction of sp³-hybridized carbons (Fsp3) is 0.182. The molecule has 3 aromatic carbocycles. The average Bonchev–Trinajstić information content (AvgIpc) is 2.62. The summed E-state index contributed by atoms with van der Waals surface area (Å²) in [5.41, 5.74) is 2.15. The maximum Gasteiger partial charge on any atom is 0.194 e. The quantitative estimate of drug-likeness (QED) is 0.406. The first-order valence-corrected chi connectivity index (χ1v) is 8.26. The Morgan fingerprint density at radius 3 is 2.36 bits per heavy atom. The highest BCUT2D eigenvalue weighted by atomic mass is 19.2. The van der Waals surface area contributed by atoms with Crippen molar-refractivity contribution in [1.29, 1.82) is 0 Å². The van der Waals surface area contributed by atoms with Crippen LogP contribution in [0.1, 0.15) is 36.5 Å². The second-order valence-corrected chi connectivity index (χ2v) is 5.97. The SMILES string of the molecule is CCCCc1ccc2c(C#Cc3cc(F)c(F)c(F)c3)cccc2c1. The Hall–Kier alpha value is -2.73. The highest BCUT2D eigenvalue weighted by molar-refractivity contribution is 5.88. The van der Waals surface area contributed by atoms with Crippen molar-refractivity contribution < 1.29 is 13.2 Å². The van der Waals surface area contributed by atoms with E-state index in [1.807, 2.05) is 24.3 Å². The van der Waals surface area contributed by atoms with Crippen LogP contribution in [0, 0.1) is 29.3 Å². The topological polar surface area (TPSA) is 0 Å². The minimum Gasteiger partial charge on any atom is -0.204 e. The van der Waals surface area contributed by atoms with Gasteiger partial charge in [0.25, 0.3) is 0 Å². The van der Waals surface area contributed by atoms with Crippen LogP contribution in [0.4, 0.5) is 13.2 Å². The van der Waals surface area contributed by atoms with Crippen LogP contribution in [-0.4, -0.2) is 0 Å². The van der Waals surface area contributed by atoms with E-state index in [1.165, 1.54) is 5.56 Å². The van der Waals surface area contributed by atoms with Gasteiger partial charge in [0.1, 0.15) is 0 Å². The molecule has 0 atom stereocenters. The lowest BCUT2D eigenvalue weighted by Crippen LogP contribution is -1.91. The van der Waals surface area contributed by atoms with Crippen LogP contribution in [0.25, 0.3) is 10.8 Å². The van der Waals surface area contributed by atoms with Crippen LogP contribution >= 0.6 is 0 Å². The van der Waals surface area contributed by atoms with Crippen LogP contribution in [-0.2, 0) is 6.42 Å². The maximum absolute atomic E-state index is 13.3. The van der Waals surface area contributed by atoms with Crippen molar-refractivity contribution in [3.05, 3.63) is 82.7 Å². The number of benzene rings is 3. The van der Waals surface area contributed by atoms with Gasteiger partial charge in [0.15, 0.2) is 17.5 Å². The monoisotopic (exact) mass is 338 g/mol. The molecule has 0 aliphatic rings. The first kappa shape index (κ1) is 17.1. The predicted molar refractivity (Wildman–Crippen MR) is 94.9 cm³/mol. The molecule has 0 fully saturated rings. The fourth-order valence-corrected chi connectivity index (χ4v) is 2.75. The molecule has 0 aliphatic carbocycles. The molecule has 0 nitrogen and oxygen atoms in total. The molecule has 0 amide bonds. The Balaban J connectivity index is 1.97. The highest BCUT2D eigenvalue weighted by Crippen LogP contribution is 2.21. The average molecular weight is 338 g/mol. The van der Waals surface area contributed by atoms with Gasteiger partial charge in [-0.2, -0.15) is 0 Å². The molecule has 0 radical (unpaired) electrons. The van der Waals surface area contributed by atoms with E-state index in [2.05, 4.69) is 30.9 Å². The molecule has 0 saturated heterocycles. The molecular weight excluding hydrogens is 321 g/mol. The third-order valence-electron chi connectivity index (χ3n) is 4.09. The van der Waals surface area contributed by atoms with Crippen molar-refractivity contribution in [3.63, 3.8) is 0 Å². The van der Waals surface area contributed by atoms with E-state index < -0.39 is 17.5 Å². The highest BCUT2D eigenvalue weighted by Gasteiger charge is 2.09. The predicted octanol–water partition coefficient (Wildman–Crippen LogP) is 6.00. The zero-order valence-electron chi connectivity index (χ0n) is 13.9. The van der Waals surface area contributed by atoms with Gasteiger partial charge < -0.3 is 0 Å². The summed E-state index contributed by atoms with van der Waals surface area (Å²) >= 11 is 0. The minimum atomic E-state index is -1.48. The molecule has 0 heterocycles. The molecule has 0 unspecified atom stereocenters. The van der Waals surface area contributed by atoms with Gasteiger partial charge in [-0.05, 0) is 47.4 Å². The van der Waals surface area contributed by atoms with Crippen LogP contribution in [0.15, 0.2) is 48.5 Å². The largest absolute Gasteiger partial charge is 0.204 e. The van der Waals surface area contributed by atoms with Gasteiger partial charge in [-0.1, -0.05) is 55.5 Å². The molecule has 3 rings (SSSR count). The molecule has 126 valence electrons. The summed E-state index contributed by atoms with van der Waals surface area (Å²) in [4.78, 5) is 0. The number of unbranched alkanes of at least 4 members (excludes halogenated alkanes) is 1. The minimum absolute atomic E-state index is 0.105. The van der Waals surface area contributed by atoms with E-state index in [1.54, 1.807) is 0 Å². The lowest BCUT2D eigenvalue weighted by atomic mass is 10.00. The fourth-order valence-electron chi connectivity index (χ4n) is 2.75. The number of halogens is 3. The summed E-state index contributed by atoms with van der Waals surface area (Å²) < 4.78 is 39.6. The first-order chi connectivity index (χ1) is 12.1. The smallest absolute Gasteiger partial charge is 0.194 e. The molecule has 0 N–H and O–H groups in total. The van der Waals surface area contributed by atoms with Crippen LogP contribution in [0.3, 0.4) is 0 Å². The normalized spacial score (nSPS) is 10.6. The molecule has 25 heavy (non-hydrogen) atoms. The number of fused-ring (bicyclic) bond motifs is 1.